The number of rotatable bonds is 4. The molecule has 3 heterocycles. The molecule has 0 saturated heterocycles. The van der Waals surface area contributed by atoms with E-state index in [1.165, 1.54) is 29.3 Å². The highest BCUT2D eigenvalue weighted by Crippen LogP contribution is 2.16. The van der Waals surface area contributed by atoms with Gasteiger partial charge in [0.25, 0.3) is 5.91 Å². The number of pyridine rings is 2. The summed E-state index contributed by atoms with van der Waals surface area (Å²) in [6.45, 7) is 13.7. The Labute approximate surface area is 191 Å². The molecule has 0 aliphatic rings. The summed E-state index contributed by atoms with van der Waals surface area (Å²) in [7, 11) is 0. The minimum absolute atomic E-state index is 0.286. The zero-order valence-corrected chi connectivity index (χ0v) is 20.5. The van der Waals surface area contributed by atoms with E-state index in [-0.39, 0.29) is 5.69 Å². The van der Waals surface area contributed by atoms with Gasteiger partial charge >= 0.3 is 0 Å². The molecule has 3 rings (SSSR count). The van der Waals surface area contributed by atoms with Crippen molar-refractivity contribution in [2.24, 2.45) is 0 Å². The van der Waals surface area contributed by atoms with Crippen molar-refractivity contribution in [1.82, 2.24) is 25.1 Å². The third-order valence-corrected chi connectivity index (χ3v) is 3.86. The van der Waals surface area contributed by atoms with Crippen LogP contribution in [0.15, 0.2) is 47.5 Å². The fraction of sp³-hybridized carbons (Fsp3) is 0.364. The Kier molecular flexibility index (Phi) is 13.9. The summed E-state index contributed by atoms with van der Waals surface area (Å²) in [5, 5.41) is 6.48. The van der Waals surface area contributed by atoms with Gasteiger partial charge in [-0.3, -0.25) is 4.79 Å². The maximum absolute atomic E-state index is 13.8. The fourth-order valence-electron chi connectivity index (χ4n) is 2.15. The molecule has 0 fully saturated rings. The molecule has 0 bridgehead atoms. The van der Waals surface area contributed by atoms with E-state index in [2.05, 4.69) is 36.3 Å². The van der Waals surface area contributed by atoms with Gasteiger partial charge in [0, 0.05) is 16.9 Å². The van der Waals surface area contributed by atoms with E-state index in [1.54, 1.807) is 19.1 Å². The second-order valence-electron chi connectivity index (χ2n) is 5.23. The zero-order chi connectivity index (χ0) is 24.0. The van der Waals surface area contributed by atoms with E-state index in [0.29, 0.717) is 15.9 Å². The molecule has 3 aromatic rings. The van der Waals surface area contributed by atoms with Crippen LogP contribution in [0, 0.1) is 11.6 Å². The minimum atomic E-state index is -0.715. The van der Waals surface area contributed by atoms with Gasteiger partial charge in [0.2, 0.25) is 0 Å². The molecule has 0 aromatic carbocycles. The first-order chi connectivity index (χ1) is 14.9. The standard InChI is InChI=1S/C16H12BrF2N5O.3C2H6/c1-9(23-16(25)15-13(19)4-11(17)6-21-15)10-2-3-14(20-5-10)24-8-12(18)7-22-24;3*1-2/h2-9H,1H3,(H,23,25);3*1-2H3/t9-;;;/m0.../s1. The highest BCUT2D eigenvalue weighted by molar-refractivity contribution is 9.10. The van der Waals surface area contributed by atoms with Gasteiger partial charge in [-0.25, -0.2) is 23.4 Å². The molecule has 0 saturated carbocycles. The zero-order valence-electron chi connectivity index (χ0n) is 18.9. The predicted octanol–water partition coefficient (Wildman–Crippen LogP) is 6.27. The van der Waals surface area contributed by atoms with Crippen molar-refractivity contribution < 1.29 is 13.6 Å². The van der Waals surface area contributed by atoms with Gasteiger partial charge in [0.05, 0.1) is 18.4 Å². The van der Waals surface area contributed by atoms with Gasteiger partial charge in [0.1, 0.15) is 0 Å². The number of hydrogen-bond acceptors (Lipinski definition) is 4. The number of carbonyl (C=O) groups excluding carboxylic acids is 1. The number of nitrogens with one attached hydrogen (secondary N) is 1. The number of amides is 1. The van der Waals surface area contributed by atoms with Crippen molar-refractivity contribution in [2.75, 3.05) is 0 Å². The van der Waals surface area contributed by atoms with Crippen molar-refractivity contribution in [3.05, 3.63) is 70.4 Å². The molecule has 1 atom stereocenters. The van der Waals surface area contributed by atoms with Crippen LogP contribution in [0.3, 0.4) is 0 Å². The third-order valence-electron chi connectivity index (χ3n) is 3.43. The highest BCUT2D eigenvalue weighted by Gasteiger charge is 2.17. The summed E-state index contributed by atoms with van der Waals surface area (Å²) in [6.07, 6.45) is 5.17. The van der Waals surface area contributed by atoms with Gasteiger partial charge in [-0.2, -0.15) is 5.10 Å². The maximum Gasteiger partial charge on any atom is 0.273 e. The first-order valence-electron chi connectivity index (χ1n) is 10.2. The van der Waals surface area contributed by atoms with Crippen molar-refractivity contribution >= 4 is 21.8 Å². The molecule has 170 valence electrons. The van der Waals surface area contributed by atoms with E-state index in [1.807, 2.05) is 41.5 Å². The monoisotopic (exact) mass is 497 g/mol. The third kappa shape index (κ3) is 8.53. The molecule has 3 aromatic heterocycles. The summed E-state index contributed by atoms with van der Waals surface area (Å²) in [5.41, 5.74) is 0.411. The van der Waals surface area contributed by atoms with Crippen LogP contribution in [0.5, 0.6) is 0 Å². The number of halogens is 3. The van der Waals surface area contributed by atoms with Crippen LogP contribution in [0.4, 0.5) is 8.78 Å². The second kappa shape index (κ2) is 15.2. The molecule has 9 heteroatoms. The fourth-order valence-corrected chi connectivity index (χ4v) is 2.45. The normalized spacial score (nSPS) is 10.3. The Balaban J connectivity index is 0.00000138. The molecule has 0 aliphatic heterocycles. The largest absolute Gasteiger partial charge is 0.344 e. The Morgan fingerprint density at radius 1 is 1.03 bits per heavy atom. The lowest BCUT2D eigenvalue weighted by molar-refractivity contribution is 0.0930. The van der Waals surface area contributed by atoms with Crippen LogP contribution in [0.1, 0.15) is 70.6 Å². The van der Waals surface area contributed by atoms with Gasteiger partial charge in [-0.15, -0.1) is 0 Å². The first kappa shape index (κ1) is 28.3. The molecule has 0 aliphatic carbocycles. The van der Waals surface area contributed by atoms with Crippen molar-refractivity contribution in [2.45, 2.75) is 54.5 Å². The summed E-state index contributed by atoms with van der Waals surface area (Å²) in [4.78, 5) is 20.1. The summed E-state index contributed by atoms with van der Waals surface area (Å²) < 4.78 is 28.5. The molecule has 31 heavy (non-hydrogen) atoms. The van der Waals surface area contributed by atoms with Gasteiger partial charge in [0.15, 0.2) is 23.1 Å². The SMILES string of the molecule is CC.CC.CC.C[C@H](NC(=O)c1ncc(Br)cc1F)c1ccc(-n2cc(F)cn2)nc1. The van der Waals surface area contributed by atoms with Crippen molar-refractivity contribution in [1.29, 1.82) is 0 Å². The Morgan fingerprint density at radius 3 is 2.16 bits per heavy atom. The van der Waals surface area contributed by atoms with Crippen LogP contribution in [0.25, 0.3) is 5.82 Å². The Bertz CT molecular complexity index is 917. The van der Waals surface area contributed by atoms with E-state index >= 15 is 0 Å². The molecule has 1 N–H and O–H groups in total. The van der Waals surface area contributed by atoms with Crippen LogP contribution in [-0.2, 0) is 0 Å². The van der Waals surface area contributed by atoms with Gasteiger partial charge in [-0.05, 0) is 40.5 Å². The Morgan fingerprint density at radius 2 is 1.68 bits per heavy atom. The van der Waals surface area contributed by atoms with E-state index < -0.39 is 23.6 Å². The highest BCUT2D eigenvalue weighted by atomic mass is 79.9. The molecule has 6 nitrogen and oxygen atoms in total. The first-order valence-corrected chi connectivity index (χ1v) is 11.0. The maximum atomic E-state index is 13.8. The number of aromatic nitrogens is 4. The summed E-state index contributed by atoms with van der Waals surface area (Å²) >= 11 is 3.09. The van der Waals surface area contributed by atoms with Crippen LogP contribution in [-0.4, -0.2) is 25.7 Å². The number of hydrogen-bond donors (Lipinski definition) is 1. The van der Waals surface area contributed by atoms with E-state index in [0.717, 1.165) is 6.20 Å². The lowest BCUT2D eigenvalue weighted by Gasteiger charge is -2.14. The lowest BCUT2D eigenvalue weighted by atomic mass is 10.1. The minimum Gasteiger partial charge on any atom is -0.344 e. The molecular weight excluding hydrogens is 468 g/mol. The van der Waals surface area contributed by atoms with Crippen LogP contribution in [0.2, 0.25) is 0 Å². The second-order valence-corrected chi connectivity index (χ2v) is 6.15. The number of nitrogens with zero attached hydrogens (tertiary/aromatic N) is 4. The van der Waals surface area contributed by atoms with Gasteiger partial charge in [-0.1, -0.05) is 47.6 Å². The lowest BCUT2D eigenvalue weighted by Crippen LogP contribution is -2.28. The average Bonchev–Trinajstić information content (AvgIpc) is 3.24. The smallest absolute Gasteiger partial charge is 0.273 e. The molecular formula is C22H30BrF2N5O. The van der Waals surface area contributed by atoms with Crippen molar-refractivity contribution in [3.8, 4) is 5.82 Å². The summed E-state index contributed by atoms with van der Waals surface area (Å²) in [6, 6.07) is 4.11. The summed E-state index contributed by atoms with van der Waals surface area (Å²) in [5.74, 6) is -1.37. The average molecular weight is 498 g/mol. The number of carbonyl (C=O) groups is 1. The van der Waals surface area contributed by atoms with E-state index in [4.69, 9.17) is 0 Å². The van der Waals surface area contributed by atoms with Crippen LogP contribution < -0.4 is 5.32 Å². The van der Waals surface area contributed by atoms with Crippen molar-refractivity contribution in [3.63, 3.8) is 0 Å². The predicted molar refractivity (Wildman–Crippen MR) is 123 cm³/mol. The van der Waals surface area contributed by atoms with Crippen LogP contribution >= 0.6 is 15.9 Å². The Hall–Kier alpha value is -2.68. The molecule has 0 radical (unpaired) electrons. The molecule has 0 unspecified atom stereocenters. The topological polar surface area (TPSA) is 72.7 Å². The quantitative estimate of drug-likeness (QED) is 0.460. The van der Waals surface area contributed by atoms with Gasteiger partial charge < -0.3 is 5.32 Å². The molecule has 0 spiro atoms. The molecule has 1 amide bonds. The van der Waals surface area contributed by atoms with E-state index in [9.17, 15) is 13.6 Å².